The first kappa shape index (κ1) is 20.0. The number of halogens is 1. The van der Waals surface area contributed by atoms with Crippen LogP contribution in [0, 0.1) is 0 Å². The van der Waals surface area contributed by atoms with Crippen molar-refractivity contribution in [2.75, 3.05) is 19.7 Å². The highest BCUT2D eigenvalue weighted by Crippen LogP contribution is 2.30. The molecule has 2 heterocycles. The van der Waals surface area contributed by atoms with E-state index in [9.17, 15) is 0 Å². The van der Waals surface area contributed by atoms with Gasteiger partial charge in [-0.2, -0.15) is 0 Å². The quantitative estimate of drug-likeness (QED) is 0.297. The Bertz CT molecular complexity index is 724. The highest BCUT2D eigenvalue weighted by Gasteiger charge is 2.20. The monoisotopic (exact) mass is 466 g/mol. The largest absolute Gasteiger partial charge is 0.486 e. The van der Waals surface area contributed by atoms with Gasteiger partial charge in [0.05, 0.1) is 13.1 Å². The van der Waals surface area contributed by atoms with E-state index in [0.717, 1.165) is 17.1 Å². The number of aliphatic imine (C=N–C) groups is 1. The molecule has 2 N–H and O–H groups in total. The third-order valence-corrected chi connectivity index (χ3v) is 3.62. The summed E-state index contributed by atoms with van der Waals surface area (Å²) in [7, 11) is 0. The fourth-order valence-electron chi connectivity index (χ4n) is 2.38. The standard InChI is InChI=1S/C19H22N4O2.HI/c1-2-9-21-19(22-12-15-6-5-10-20-11-15)23-13-16-14-24-17-7-3-4-8-18(17)25-16;/h2-8,10-11,16H,1,9,12-14H2,(H2,21,22,23);1H. The molecule has 0 radical (unpaired) electrons. The number of para-hydroxylation sites is 2. The summed E-state index contributed by atoms with van der Waals surface area (Å²) in [5.74, 6) is 2.26. The average molecular weight is 466 g/mol. The third kappa shape index (κ3) is 5.91. The highest BCUT2D eigenvalue weighted by molar-refractivity contribution is 14.0. The lowest BCUT2D eigenvalue weighted by Gasteiger charge is -2.27. The molecule has 0 aliphatic carbocycles. The maximum atomic E-state index is 5.95. The molecule has 0 spiro atoms. The number of pyridine rings is 1. The zero-order valence-electron chi connectivity index (χ0n) is 14.4. The van der Waals surface area contributed by atoms with E-state index in [-0.39, 0.29) is 30.1 Å². The Morgan fingerprint density at radius 1 is 1.23 bits per heavy atom. The number of ether oxygens (including phenoxy) is 2. The van der Waals surface area contributed by atoms with Crippen LogP contribution in [0.25, 0.3) is 0 Å². The molecule has 1 aromatic heterocycles. The molecule has 3 rings (SSSR count). The molecular formula is C19H23IN4O2. The smallest absolute Gasteiger partial charge is 0.191 e. The Morgan fingerprint density at radius 3 is 2.85 bits per heavy atom. The number of guanidine groups is 1. The van der Waals surface area contributed by atoms with Gasteiger partial charge in [-0.15, -0.1) is 30.6 Å². The Balaban J connectivity index is 0.00000243. The van der Waals surface area contributed by atoms with E-state index >= 15 is 0 Å². The fraction of sp³-hybridized carbons (Fsp3) is 0.263. The van der Waals surface area contributed by atoms with Crippen molar-refractivity contribution >= 4 is 29.9 Å². The molecule has 1 aliphatic heterocycles. The molecule has 1 atom stereocenters. The van der Waals surface area contributed by atoms with Gasteiger partial charge in [0.25, 0.3) is 0 Å². The number of fused-ring (bicyclic) bond motifs is 1. The van der Waals surface area contributed by atoms with Crippen molar-refractivity contribution in [2.45, 2.75) is 12.6 Å². The van der Waals surface area contributed by atoms with Crippen molar-refractivity contribution in [3.8, 4) is 11.5 Å². The zero-order chi connectivity index (χ0) is 17.3. The second kappa shape index (κ2) is 10.6. The van der Waals surface area contributed by atoms with Crippen molar-refractivity contribution < 1.29 is 9.47 Å². The van der Waals surface area contributed by atoms with E-state index in [2.05, 4.69) is 27.2 Å². The molecule has 7 heteroatoms. The van der Waals surface area contributed by atoms with Crippen LogP contribution in [0.2, 0.25) is 0 Å². The second-order valence-electron chi connectivity index (χ2n) is 5.57. The van der Waals surface area contributed by atoms with E-state index in [1.807, 2.05) is 42.6 Å². The van der Waals surface area contributed by atoms with Crippen LogP contribution < -0.4 is 20.1 Å². The van der Waals surface area contributed by atoms with Gasteiger partial charge in [-0.05, 0) is 23.8 Å². The molecule has 0 bridgehead atoms. The highest BCUT2D eigenvalue weighted by atomic mass is 127. The number of rotatable bonds is 6. The van der Waals surface area contributed by atoms with Gasteiger partial charge in [0.1, 0.15) is 12.7 Å². The van der Waals surface area contributed by atoms with Crippen LogP contribution in [0.1, 0.15) is 5.56 Å². The van der Waals surface area contributed by atoms with Gasteiger partial charge in [0.15, 0.2) is 17.5 Å². The summed E-state index contributed by atoms with van der Waals surface area (Å²) < 4.78 is 11.7. The van der Waals surface area contributed by atoms with Crippen LogP contribution in [-0.4, -0.2) is 36.7 Å². The van der Waals surface area contributed by atoms with E-state index < -0.39 is 0 Å². The van der Waals surface area contributed by atoms with Crippen LogP contribution in [0.4, 0.5) is 0 Å². The molecule has 1 unspecified atom stereocenters. The number of hydrogen-bond acceptors (Lipinski definition) is 4. The summed E-state index contributed by atoms with van der Waals surface area (Å²) in [6.45, 7) is 5.99. The van der Waals surface area contributed by atoms with Crippen molar-refractivity contribution in [1.82, 2.24) is 15.6 Å². The molecule has 1 aliphatic rings. The van der Waals surface area contributed by atoms with Gasteiger partial charge >= 0.3 is 0 Å². The van der Waals surface area contributed by atoms with Gasteiger partial charge in [0, 0.05) is 18.9 Å². The maximum Gasteiger partial charge on any atom is 0.191 e. The van der Waals surface area contributed by atoms with E-state index in [1.165, 1.54) is 0 Å². The molecule has 0 amide bonds. The van der Waals surface area contributed by atoms with Gasteiger partial charge in [-0.3, -0.25) is 4.98 Å². The summed E-state index contributed by atoms with van der Waals surface area (Å²) in [5, 5.41) is 6.49. The Kier molecular flexibility index (Phi) is 8.20. The summed E-state index contributed by atoms with van der Waals surface area (Å²) in [6, 6.07) is 11.6. The predicted octanol–water partition coefficient (Wildman–Crippen LogP) is 2.76. The summed E-state index contributed by atoms with van der Waals surface area (Å²) in [4.78, 5) is 8.67. The molecule has 0 fully saturated rings. The Hall–Kier alpha value is -2.29. The first-order valence-corrected chi connectivity index (χ1v) is 8.25. The average Bonchev–Trinajstić information content (AvgIpc) is 2.68. The molecule has 0 saturated heterocycles. The summed E-state index contributed by atoms with van der Waals surface area (Å²) in [6.07, 6.45) is 5.27. The number of hydrogen-bond donors (Lipinski definition) is 2. The first-order chi connectivity index (χ1) is 12.3. The minimum Gasteiger partial charge on any atom is -0.486 e. The van der Waals surface area contributed by atoms with Crippen LogP contribution in [0.15, 0.2) is 66.4 Å². The van der Waals surface area contributed by atoms with Gasteiger partial charge in [0.2, 0.25) is 0 Å². The van der Waals surface area contributed by atoms with Crippen molar-refractivity contribution in [2.24, 2.45) is 4.99 Å². The first-order valence-electron chi connectivity index (χ1n) is 8.25. The van der Waals surface area contributed by atoms with Crippen LogP contribution in [0.5, 0.6) is 11.5 Å². The predicted molar refractivity (Wildman–Crippen MR) is 113 cm³/mol. The zero-order valence-corrected chi connectivity index (χ0v) is 16.8. The van der Waals surface area contributed by atoms with Crippen molar-refractivity contribution in [3.63, 3.8) is 0 Å². The lowest BCUT2D eigenvalue weighted by molar-refractivity contribution is 0.0936. The van der Waals surface area contributed by atoms with Gasteiger partial charge in [-0.1, -0.05) is 24.3 Å². The summed E-state index contributed by atoms with van der Waals surface area (Å²) in [5.41, 5.74) is 1.05. The molecule has 138 valence electrons. The molecule has 6 nitrogen and oxygen atoms in total. The van der Waals surface area contributed by atoms with E-state index in [0.29, 0.717) is 32.2 Å². The Morgan fingerprint density at radius 2 is 2.08 bits per heavy atom. The lowest BCUT2D eigenvalue weighted by Crippen LogP contribution is -2.45. The fourth-order valence-corrected chi connectivity index (χ4v) is 2.38. The van der Waals surface area contributed by atoms with Crippen LogP contribution in [-0.2, 0) is 6.54 Å². The molecule has 2 aromatic rings. The van der Waals surface area contributed by atoms with E-state index in [1.54, 1.807) is 12.3 Å². The molecule has 0 saturated carbocycles. The number of nitrogens with zero attached hydrogens (tertiary/aromatic N) is 2. The van der Waals surface area contributed by atoms with E-state index in [4.69, 9.17) is 9.47 Å². The minimum absolute atomic E-state index is 0. The second-order valence-corrected chi connectivity index (χ2v) is 5.57. The Labute approximate surface area is 170 Å². The minimum atomic E-state index is -0.0796. The lowest BCUT2D eigenvalue weighted by atomic mass is 10.2. The number of aromatic nitrogens is 1. The number of benzene rings is 1. The van der Waals surface area contributed by atoms with Gasteiger partial charge in [-0.25, -0.2) is 4.99 Å². The SMILES string of the molecule is C=CCNC(=NCc1cccnc1)NCC1COc2ccccc2O1.I. The normalized spacial score (nSPS) is 15.5. The molecule has 26 heavy (non-hydrogen) atoms. The van der Waals surface area contributed by atoms with Crippen LogP contribution >= 0.6 is 24.0 Å². The van der Waals surface area contributed by atoms with Crippen molar-refractivity contribution in [1.29, 1.82) is 0 Å². The molecular weight excluding hydrogens is 443 g/mol. The van der Waals surface area contributed by atoms with Crippen LogP contribution in [0.3, 0.4) is 0 Å². The topological polar surface area (TPSA) is 67.8 Å². The summed E-state index contributed by atoms with van der Waals surface area (Å²) >= 11 is 0. The van der Waals surface area contributed by atoms with Gasteiger partial charge < -0.3 is 20.1 Å². The third-order valence-electron chi connectivity index (χ3n) is 3.62. The number of nitrogens with one attached hydrogen (secondary N) is 2. The van der Waals surface area contributed by atoms with Crippen molar-refractivity contribution in [3.05, 3.63) is 67.0 Å². The maximum absolute atomic E-state index is 5.95. The molecule has 1 aromatic carbocycles.